The Bertz CT molecular complexity index is 511. The molecule has 6 N–H and O–H groups in total. The van der Waals surface area contributed by atoms with Crippen molar-refractivity contribution in [1.29, 1.82) is 0 Å². The number of nitrogens with one attached hydrogen (secondary N) is 1. The first-order chi connectivity index (χ1) is 10.0. The van der Waals surface area contributed by atoms with Crippen LogP contribution in [0.25, 0.3) is 0 Å². The molecule has 134 valence electrons. The largest absolute Gasteiger partial charge is 0.503 e. The summed E-state index contributed by atoms with van der Waals surface area (Å²) in [6, 6.07) is 2.92. The van der Waals surface area contributed by atoms with Gasteiger partial charge in [-0.15, -0.1) is 24.8 Å². The van der Waals surface area contributed by atoms with Gasteiger partial charge in [0.15, 0.2) is 5.75 Å². The van der Waals surface area contributed by atoms with Crippen LogP contribution in [0.2, 0.25) is 0 Å². The Hall–Kier alpha value is -1.28. The molecule has 23 heavy (non-hydrogen) atoms. The van der Waals surface area contributed by atoms with Gasteiger partial charge in [-0.25, -0.2) is 0 Å². The Balaban J connectivity index is 0. The number of unbranched alkanes of at least 4 members (excludes halogenated alkanes) is 1. The standard InChI is InChI=1S/C14H24N4O3.2ClH/c15-10-11(16)4-1-2-7-17-13(20)6-9-18-8-3-5-12(19)14(18)21;;/h3,5,8,11,19H,1-2,4,6-7,9-10,15-16H2,(H,17,20);2*1H. The third-order valence-electron chi connectivity index (χ3n) is 3.21. The first-order valence-corrected chi connectivity index (χ1v) is 7.15. The van der Waals surface area contributed by atoms with Crippen molar-refractivity contribution in [3.8, 4) is 5.75 Å². The Labute approximate surface area is 148 Å². The molecule has 0 spiro atoms. The molecule has 1 aromatic heterocycles. The number of nitrogens with zero attached hydrogens (tertiary/aromatic N) is 1. The van der Waals surface area contributed by atoms with E-state index in [0.717, 1.165) is 19.3 Å². The van der Waals surface area contributed by atoms with E-state index < -0.39 is 5.56 Å². The minimum Gasteiger partial charge on any atom is -0.503 e. The molecule has 1 unspecified atom stereocenters. The Morgan fingerprint density at radius 3 is 2.70 bits per heavy atom. The van der Waals surface area contributed by atoms with Crippen molar-refractivity contribution in [2.24, 2.45) is 11.5 Å². The maximum atomic E-state index is 11.6. The number of pyridine rings is 1. The van der Waals surface area contributed by atoms with Gasteiger partial charge >= 0.3 is 0 Å². The number of hydrogen-bond acceptors (Lipinski definition) is 5. The van der Waals surface area contributed by atoms with Gasteiger partial charge in [0.25, 0.3) is 5.56 Å². The van der Waals surface area contributed by atoms with E-state index in [1.165, 1.54) is 10.6 Å². The fourth-order valence-electron chi connectivity index (χ4n) is 1.89. The van der Waals surface area contributed by atoms with E-state index in [1.54, 1.807) is 12.3 Å². The monoisotopic (exact) mass is 368 g/mol. The predicted octanol–water partition coefficient (Wildman–Crippen LogP) is 0.360. The van der Waals surface area contributed by atoms with E-state index >= 15 is 0 Å². The molecule has 0 aliphatic carbocycles. The van der Waals surface area contributed by atoms with Crippen LogP contribution >= 0.6 is 24.8 Å². The molecule has 0 saturated heterocycles. The normalized spacial score (nSPS) is 11.0. The molecule has 7 nitrogen and oxygen atoms in total. The molecule has 1 aromatic rings. The van der Waals surface area contributed by atoms with Gasteiger partial charge in [0.2, 0.25) is 5.91 Å². The van der Waals surface area contributed by atoms with Crippen LogP contribution in [0.5, 0.6) is 5.75 Å². The zero-order valence-electron chi connectivity index (χ0n) is 12.9. The first kappa shape index (κ1) is 24.0. The van der Waals surface area contributed by atoms with E-state index in [1.807, 2.05) is 0 Å². The van der Waals surface area contributed by atoms with E-state index in [-0.39, 0.29) is 55.5 Å². The van der Waals surface area contributed by atoms with Gasteiger partial charge in [0, 0.05) is 38.3 Å². The van der Waals surface area contributed by atoms with Crippen LogP contribution in [0.15, 0.2) is 23.1 Å². The van der Waals surface area contributed by atoms with Crippen molar-refractivity contribution < 1.29 is 9.90 Å². The minimum absolute atomic E-state index is 0. The molecule has 0 radical (unpaired) electrons. The molecule has 9 heteroatoms. The van der Waals surface area contributed by atoms with Gasteiger partial charge in [-0.05, 0) is 25.0 Å². The summed E-state index contributed by atoms with van der Waals surface area (Å²) in [5.41, 5.74) is 10.6. The van der Waals surface area contributed by atoms with Crippen LogP contribution in [0.1, 0.15) is 25.7 Å². The van der Waals surface area contributed by atoms with Crippen molar-refractivity contribution in [2.45, 2.75) is 38.3 Å². The molecule has 0 aliphatic heterocycles. The first-order valence-electron chi connectivity index (χ1n) is 7.15. The highest BCUT2D eigenvalue weighted by molar-refractivity contribution is 5.85. The molecule has 1 rings (SSSR count). The minimum atomic E-state index is -0.485. The summed E-state index contributed by atoms with van der Waals surface area (Å²) in [4.78, 5) is 23.2. The summed E-state index contributed by atoms with van der Waals surface area (Å²) in [5, 5.41) is 12.1. The van der Waals surface area contributed by atoms with Crippen molar-refractivity contribution in [2.75, 3.05) is 13.1 Å². The van der Waals surface area contributed by atoms with Gasteiger partial charge in [0.05, 0.1) is 0 Å². The predicted molar refractivity (Wildman–Crippen MR) is 95.4 cm³/mol. The molecule has 0 saturated carbocycles. The average Bonchev–Trinajstić information content (AvgIpc) is 2.48. The van der Waals surface area contributed by atoms with Crippen molar-refractivity contribution in [1.82, 2.24) is 9.88 Å². The lowest BCUT2D eigenvalue weighted by molar-refractivity contribution is -0.121. The molecule has 1 atom stereocenters. The topological polar surface area (TPSA) is 123 Å². The Morgan fingerprint density at radius 1 is 1.35 bits per heavy atom. The number of carbonyl (C=O) groups excluding carboxylic acids is 1. The molecule has 1 heterocycles. The fraction of sp³-hybridized carbons (Fsp3) is 0.571. The Morgan fingerprint density at radius 2 is 2.04 bits per heavy atom. The zero-order chi connectivity index (χ0) is 15.7. The summed E-state index contributed by atoms with van der Waals surface area (Å²) in [6.07, 6.45) is 4.37. The second kappa shape index (κ2) is 13.2. The van der Waals surface area contributed by atoms with Crippen molar-refractivity contribution in [3.05, 3.63) is 28.7 Å². The average molecular weight is 369 g/mol. The molecule has 0 fully saturated rings. The number of rotatable bonds is 9. The Kier molecular flexibility index (Phi) is 13.7. The molecule has 0 aliphatic rings. The number of nitrogens with two attached hydrogens (primary N) is 2. The summed E-state index contributed by atoms with van der Waals surface area (Å²) in [5.74, 6) is -0.428. The molecule has 0 bridgehead atoms. The van der Waals surface area contributed by atoms with Crippen molar-refractivity contribution in [3.63, 3.8) is 0 Å². The van der Waals surface area contributed by atoms with E-state index in [9.17, 15) is 14.7 Å². The lowest BCUT2D eigenvalue weighted by Crippen LogP contribution is -2.30. The number of aromatic hydroxyl groups is 1. The van der Waals surface area contributed by atoms with Gasteiger partial charge in [-0.3, -0.25) is 9.59 Å². The van der Waals surface area contributed by atoms with Crippen LogP contribution in [0, 0.1) is 0 Å². The number of hydrogen-bond donors (Lipinski definition) is 4. The summed E-state index contributed by atoms with van der Waals surface area (Å²) >= 11 is 0. The molecular formula is C14H26Cl2N4O3. The van der Waals surface area contributed by atoms with Gasteiger partial charge in [-0.2, -0.15) is 0 Å². The van der Waals surface area contributed by atoms with E-state index in [2.05, 4.69) is 5.32 Å². The third-order valence-corrected chi connectivity index (χ3v) is 3.21. The molecule has 0 aromatic carbocycles. The van der Waals surface area contributed by atoms with Crippen LogP contribution in [0.4, 0.5) is 0 Å². The second-order valence-electron chi connectivity index (χ2n) is 4.98. The summed E-state index contributed by atoms with van der Waals surface area (Å²) in [7, 11) is 0. The van der Waals surface area contributed by atoms with Gasteiger partial charge in [-0.1, -0.05) is 6.42 Å². The van der Waals surface area contributed by atoms with Crippen LogP contribution in [-0.4, -0.2) is 34.7 Å². The highest BCUT2D eigenvalue weighted by Crippen LogP contribution is 1.99. The zero-order valence-corrected chi connectivity index (χ0v) is 14.6. The van der Waals surface area contributed by atoms with E-state index in [4.69, 9.17) is 11.5 Å². The highest BCUT2D eigenvalue weighted by Gasteiger charge is 2.05. The smallest absolute Gasteiger partial charge is 0.292 e. The lowest BCUT2D eigenvalue weighted by Gasteiger charge is -2.09. The lowest BCUT2D eigenvalue weighted by atomic mass is 10.1. The molecule has 1 amide bonds. The van der Waals surface area contributed by atoms with Crippen LogP contribution < -0.4 is 22.3 Å². The van der Waals surface area contributed by atoms with Gasteiger partial charge < -0.3 is 26.5 Å². The quantitative estimate of drug-likeness (QED) is 0.468. The summed E-state index contributed by atoms with van der Waals surface area (Å²) in [6.45, 7) is 1.31. The number of amides is 1. The van der Waals surface area contributed by atoms with Crippen LogP contribution in [-0.2, 0) is 11.3 Å². The number of aromatic nitrogens is 1. The maximum Gasteiger partial charge on any atom is 0.292 e. The van der Waals surface area contributed by atoms with Crippen LogP contribution in [0.3, 0.4) is 0 Å². The molecular weight excluding hydrogens is 343 g/mol. The number of halogens is 2. The number of aryl methyl sites for hydroxylation is 1. The highest BCUT2D eigenvalue weighted by atomic mass is 35.5. The fourth-order valence-corrected chi connectivity index (χ4v) is 1.89. The maximum absolute atomic E-state index is 11.6. The number of carbonyl (C=O) groups is 1. The SMILES string of the molecule is Cl.Cl.NCC(N)CCCCNC(=O)CCn1cccc(O)c1=O. The van der Waals surface area contributed by atoms with Gasteiger partial charge in [0.1, 0.15) is 0 Å². The van der Waals surface area contributed by atoms with E-state index in [0.29, 0.717) is 13.1 Å². The summed E-state index contributed by atoms with van der Waals surface area (Å²) < 4.78 is 1.31. The third kappa shape index (κ3) is 9.45. The van der Waals surface area contributed by atoms with Crippen molar-refractivity contribution >= 4 is 30.7 Å². The second-order valence-corrected chi connectivity index (χ2v) is 4.98.